The van der Waals surface area contributed by atoms with Crippen LogP contribution in [-0.4, -0.2) is 11.8 Å². The van der Waals surface area contributed by atoms with Gasteiger partial charge >= 0.3 is 6.16 Å². The molecule has 1 aromatic rings. The lowest BCUT2D eigenvalue weighted by atomic mass is 9.85. The monoisotopic (exact) mass is 264 g/mol. The van der Waals surface area contributed by atoms with Gasteiger partial charge in [-0.15, -0.1) is 0 Å². The third kappa shape index (κ3) is 4.93. The van der Waals surface area contributed by atoms with E-state index in [9.17, 15) is 4.79 Å². The molecule has 0 unspecified atom stereocenters. The summed E-state index contributed by atoms with van der Waals surface area (Å²) in [5.74, 6) is 0.562. The van der Waals surface area contributed by atoms with Gasteiger partial charge in [-0.3, -0.25) is 0 Å². The summed E-state index contributed by atoms with van der Waals surface area (Å²) in [5, 5.41) is 0. The first-order valence-electron chi connectivity index (χ1n) is 6.51. The SMILES string of the molecule is Cc1ccc(OC(=O)OC(C)(C)C)c(C(C)(C)C)c1. The molecular formula is C16H24O3. The third-order valence-corrected chi connectivity index (χ3v) is 2.53. The van der Waals surface area contributed by atoms with Gasteiger partial charge in [0.25, 0.3) is 0 Å². The number of aryl methyl sites for hydroxylation is 1. The molecule has 0 saturated carbocycles. The van der Waals surface area contributed by atoms with Crippen molar-refractivity contribution in [3.05, 3.63) is 29.3 Å². The van der Waals surface area contributed by atoms with E-state index in [4.69, 9.17) is 9.47 Å². The van der Waals surface area contributed by atoms with E-state index in [1.807, 2.05) is 45.9 Å². The molecule has 0 spiro atoms. The van der Waals surface area contributed by atoms with Crippen LogP contribution in [0.2, 0.25) is 0 Å². The molecule has 1 rings (SSSR count). The van der Waals surface area contributed by atoms with Crippen molar-refractivity contribution in [2.24, 2.45) is 0 Å². The quantitative estimate of drug-likeness (QED) is 0.549. The molecule has 0 heterocycles. The number of hydrogen-bond acceptors (Lipinski definition) is 3. The van der Waals surface area contributed by atoms with Gasteiger partial charge in [0.1, 0.15) is 11.4 Å². The van der Waals surface area contributed by atoms with Gasteiger partial charge in [0.15, 0.2) is 0 Å². The summed E-state index contributed by atoms with van der Waals surface area (Å²) in [6, 6.07) is 5.79. The van der Waals surface area contributed by atoms with Gasteiger partial charge in [-0.05, 0) is 39.2 Å². The molecule has 0 saturated heterocycles. The molecule has 19 heavy (non-hydrogen) atoms. The maximum Gasteiger partial charge on any atom is 0.514 e. The highest BCUT2D eigenvalue weighted by molar-refractivity contribution is 5.65. The summed E-state index contributed by atoms with van der Waals surface area (Å²) in [6.07, 6.45) is -0.665. The highest BCUT2D eigenvalue weighted by Gasteiger charge is 2.23. The molecule has 1 aromatic carbocycles. The molecule has 106 valence electrons. The number of rotatable bonds is 1. The predicted molar refractivity (Wildman–Crippen MR) is 76.7 cm³/mol. The van der Waals surface area contributed by atoms with Crippen LogP contribution in [-0.2, 0) is 10.2 Å². The van der Waals surface area contributed by atoms with Crippen molar-refractivity contribution in [2.45, 2.75) is 59.5 Å². The normalized spacial score (nSPS) is 12.2. The van der Waals surface area contributed by atoms with E-state index in [1.165, 1.54) is 0 Å². The van der Waals surface area contributed by atoms with Gasteiger partial charge < -0.3 is 9.47 Å². The van der Waals surface area contributed by atoms with Crippen molar-refractivity contribution < 1.29 is 14.3 Å². The number of hydrogen-bond donors (Lipinski definition) is 0. The molecule has 0 aromatic heterocycles. The average molecular weight is 264 g/mol. The van der Waals surface area contributed by atoms with Gasteiger partial charge in [0.05, 0.1) is 0 Å². The maximum atomic E-state index is 11.7. The van der Waals surface area contributed by atoms with E-state index in [0.717, 1.165) is 11.1 Å². The fourth-order valence-corrected chi connectivity index (χ4v) is 1.68. The van der Waals surface area contributed by atoms with Gasteiger partial charge in [-0.25, -0.2) is 4.79 Å². The first kappa shape index (κ1) is 15.5. The van der Waals surface area contributed by atoms with Gasteiger partial charge in [-0.2, -0.15) is 0 Å². The first-order valence-corrected chi connectivity index (χ1v) is 6.51. The predicted octanol–water partition coefficient (Wildman–Crippen LogP) is 4.61. The summed E-state index contributed by atoms with van der Waals surface area (Å²) in [4.78, 5) is 11.7. The van der Waals surface area contributed by atoms with E-state index in [1.54, 1.807) is 0 Å². The zero-order chi connectivity index (χ0) is 14.8. The molecule has 0 amide bonds. The van der Waals surface area contributed by atoms with Crippen LogP contribution >= 0.6 is 0 Å². The van der Waals surface area contributed by atoms with Crippen LogP contribution in [0.1, 0.15) is 52.7 Å². The molecule has 3 nitrogen and oxygen atoms in total. The Morgan fingerprint density at radius 2 is 1.63 bits per heavy atom. The van der Waals surface area contributed by atoms with E-state index in [-0.39, 0.29) is 5.41 Å². The first-order chi connectivity index (χ1) is 8.49. The molecule has 0 bridgehead atoms. The zero-order valence-corrected chi connectivity index (χ0v) is 13.0. The molecule has 0 fully saturated rings. The second kappa shape index (κ2) is 5.24. The van der Waals surface area contributed by atoms with Crippen molar-refractivity contribution in [1.82, 2.24) is 0 Å². The third-order valence-electron chi connectivity index (χ3n) is 2.53. The number of benzene rings is 1. The van der Waals surface area contributed by atoms with Crippen LogP contribution in [0.3, 0.4) is 0 Å². The van der Waals surface area contributed by atoms with E-state index < -0.39 is 11.8 Å². The molecule has 3 heteroatoms. The van der Waals surface area contributed by atoms with Crippen LogP contribution in [0, 0.1) is 6.92 Å². The zero-order valence-electron chi connectivity index (χ0n) is 13.0. The Balaban J connectivity index is 2.99. The Morgan fingerprint density at radius 1 is 1.05 bits per heavy atom. The minimum absolute atomic E-state index is 0.0939. The van der Waals surface area contributed by atoms with Crippen molar-refractivity contribution in [3.63, 3.8) is 0 Å². The summed E-state index contributed by atoms with van der Waals surface area (Å²) in [5.41, 5.74) is 1.49. The second-order valence-corrected chi connectivity index (χ2v) is 6.82. The lowest BCUT2D eigenvalue weighted by Crippen LogP contribution is -2.26. The second-order valence-electron chi connectivity index (χ2n) is 6.82. The molecule has 0 radical (unpaired) electrons. The largest absolute Gasteiger partial charge is 0.514 e. The fraction of sp³-hybridized carbons (Fsp3) is 0.562. The van der Waals surface area contributed by atoms with Gasteiger partial charge in [0.2, 0.25) is 0 Å². The molecule has 0 aliphatic rings. The van der Waals surface area contributed by atoms with Crippen molar-refractivity contribution in [2.75, 3.05) is 0 Å². The maximum absolute atomic E-state index is 11.7. The number of carbonyl (C=O) groups excluding carboxylic acids is 1. The molecular weight excluding hydrogens is 240 g/mol. The Hall–Kier alpha value is -1.51. The lowest BCUT2D eigenvalue weighted by Gasteiger charge is -2.24. The minimum Gasteiger partial charge on any atom is -0.428 e. The van der Waals surface area contributed by atoms with Crippen LogP contribution in [0.15, 0.2) is 18.2 Å². The summed E-state index contributed by atoms with van der Waals surface area (Å²) in [6.45, 7) is 13.7. The minimum atomic E-state index is -0.665. The lowest BCUT2D eigenvalue weighted by molar-refractivity contribution is 0.0203. The Morgan fingerprint density at radius 3 is 2.11 bits per heavy atom. The van der Waals surface area contributed by atoms with Gasteiger partial charge in [0, 0.05) is 5.56 Å². The van der Waals surface area contributed by atoms with Gasteiger partial charge in [-0.1, -0.05) is 38.5 Å². The van der Waals surface area contributed by atoms with E-state index in [0.29, 0.717) is 5.75 Å². The Bertz CT molecular complexity index is 462. The van der Waals surface area contributed by atoms with Crippen molar-refractivity contribution >= 4 is 6.16 Å². The molecule has 0 aliphatic heterocycles. The van der Waals surface area contributed by atoms with E-state index >= 15 is 0 Å². The van der Waals surface area contributed by atoms with Crippen molar-refractivity contribution in [1.29, 1.82) is 0 Å². The van der Waals surface area contributed by atoms with Crippen molar-refractivity contribution in [3.8, 4) is 5.75 Å². The number of ether oxygens (including phenoxy) is 2. The molecule has 0 atom stereocenters. The van der Waals surface area contributed by atoms with Crippen LogP contribution in [0.25, 0.3) is 0 Å². The molecule has 0 aliphatic carbocycles. The summed E-state index contributed by atoms with van der Waals surface area (Å²) >= 11 is 0. The smallest absolute Gasteiger partial charge is 0.428 e. The summed E-state index contributed by atoms with van der Waals surface area (Å²) in [7, 11) is 0. The van der Waals surface area contributed by atoms with Crippen LogP contribution in [0.5, 0.6) is 5.75 Å². The highest BCUT2D eigenvalue weighted by atomic mass is 16.7. The molecule has 0 N–H and O–H groups in total. The Kier molecular flexibility index (Phi) is 4.28. The fourth-order valence-electron chi connectivity index (χ4n) is 1.68. The topological polar surface area (TPSA) is 35.5 Å². The average Bonchev–Trinajstić information content (AvgIpc) is 2.16. The standard InChI is InChI=1S/C16H24O3/c1-11-8-9-13(12(10-11)15(2,3)4)18-14(17)19-16(5,6)7/h8-10H,1-7H3. The Labute approximate surface area is 115 Å². The highest BCUT2D eigenvalue weighted by Crippen LogP contribution is 2.32. The van der Waals surface area contributed by atoms with Crippen LogP contribution < -0.4 is 4.74 Å². The van der Waals surface area contributed by atoms with Crippen LogP contribution in [0.4, 0.5) is 4.79 Å². The van der Waals surface area contributed by atoms with E-state index in [2.05, 4.69) is 20.8 Å². The summed E-state index contributed by atoms with van der Waals surface area (Å²) < 4.78 is 10.5. The number of carbonyl (C=O) groups is 1.